The van der Waals surface area contributed by atoms with Gasteiger partial charge in [0.2, 0.25) is 11.9 Å². The van der Waals surface area contributed by atoms with Crippen molar-refractivity contribution in [3.8, 4) is 11.4 Å². The van der Waals surface area contributed by atoms with E-state index >= 15 is 0 Å². The van der Waals surface area contributed by atoms with Crippen molar-refractivity contribution in [1.29, 1.82) is 0 Å². The van der Waals surface area contributed by atoms with E-state index in [0.29, 0.717) is 5.69 Å². The second kappa shape index (κ2) is 7.16. The lowest BCUT2D eigenvalue weighted by molar-refractivity contribution is 0.622. The zero-order chi connectivity index (χ0) is 17.8. The van der Waals surface area contributed by atoms with Gasteiger partial charge in [0.1, 0.15) is 11.6 Å². The molecule has 0 aliphatic carbocycles. The lowest BCUT2D eigenvalue weighted by atomic mass is 10.2. The van der Waals surface area contributed by atoms with Crippen LogP contribution >= 0.6 is 0 Å². The molecule has 0 spiro atoms. The summed E-state index contributed by atoms with van der Waals surface area (Å²) in [4.78, 5) is 16.5. The molecule has 2 heterocycles. The van der Waals surface area contributed by atoms with E-state index in [2.05, 4.69) is 30.6 Å². The Morgan fingerprint density at radius 1 is 1.00 bits per heavy atom. The van der Waals surface area contributed by atoms with Crippen LogP contribution < -0.4 is 10.6 Å². The van der Waals surface area contributed by atoms with Gasteiger partial charge in [0.25, 0.3) is 0 Å². The van der Waals surface area contributed by atoms with Crippen LogP contribution in [0.3, 0.4) is 0 Å². The number of nitrogens with zero attached hydrogens (tertiary/aromatic N) is 4. The Morgan fingerprint density at radius 2 is 1.76 bits per heavy atom. The Bertz CT molecular complexity index is 895. The number of rotatable bonds is 5. The largest absolute Gasteiger partial charge is 0.352 e. The van der Waals surface area contributed by atoms with Gasteiger partial charge in [-0.05, 0) is 26.0 Å². The molecule has 0 aliphatic heterocycles. The van der Waals surface area contributed by atoms with Crippen LogP contribution in [0.2, 0.25) is 0 Å². The summed E-state index contributed by atoms with van der Waals surface area (Å²) in [6.07, 6.45) is 2.53. The fraction of sp³-hybridized carbons (Fsp3) is 0.176. The van der Waals surface area contributed by atoms with Gasteiger partial charge < -0.3 is 10.6 Å². The Balaban J connectivity index is 0.00000182. The predicted octanol–water partition coefficient (Wildman–Crippen LogP) is 4.27. The normalized spacial score (nSPS) is 10.8. The molecule has 0 saturated heterocycles. The van der Waals surface area contributed by atoms with Gasteiger partial charge in [0.15, 0.2) is 5.82 Å². The lowest BCUT2D eigenvalue weighted by Crippen LogP contribution is -2.14. The van der Waals surface area contributed by atoms with E-state index in [9.17, 15) is 8.78 Å². The molecule has 1 aromatic carbocycles. The highest BCUT2D eigenvalue weighted by molar-refractivity contribution is 5.61. The highest BCUT2D eigenvalue weighted by Crippen LogP contribution is 2.22. The minimum Gasteiger partial charge on any atom is -0.352 e. The Hall–Kier alpha value is -3.16. The van der Waals surface area contributed by atoms with Crippen LogP contribution in [0, 0.1) is 11.6 Å². The molecule has 0 unspecified atom stereocenters. The molecule has 0 atom stereocenters. The number of hydrogen-bond acceptors (Lipinski definition) is 6. The molecule has 3 rings (SSSR count). The summed E-state index contributed by atoms with van der Waals surface area (Å²) in [6.45, 7) is 3.85. The van der Waals surface area contributed by atoms with Crippen molar-refractivity contribution in [1.82, 2.24) is 19.9 Å². The number of aromatic nitrogens is 4. The zero-order valence-electron chi connectivity index (χ0n) is 13.7. The van der Waals surface area contributed by atoms with E-state index < -0.39 is 11.6 Å². The fourth-order valence-corrected chi connectivity index (χ4v) is 2.13. The lowest BCUT2D eigenvalue weighted by Gasteiger charge is -2.12. The van der Waals surface area contributed by atoms with Crippen LogP contribution in [-0.4, -0.2) is 26.0 Å². The quantitative estimate of drug-likeness (QED) is 0.719. The number of hydrogen-bond donors (Lipinski definition) is 2. The molecule has 25 heavy (non-hydrogen) atoms. The molecule has 0 fully saturated rings. The van der Waals surface area contributed by atoms with Gasteiger partial charge in [-0.25, -0.2) is 8.78 Å². The van der Waals surface area contributed by atoms with Crippen molar-refractivity contribution in [2.75, 3.05) is 10.6 Å². The summed E-state index contributed by atoms with van der Waals surface area (Å²) in [6, 6.07) is 7.52. The van der Waals surface area contributed by atoms with Crippen LogP contribution in [-0.2, 0) is 0 Å². The molecule has 2 aromatic heterocycles. The first-order valence-corrected chi connectivity index (χ1v) is 7.66. The van der Waals surface area contributed by atoms with E-state index in [1.54, 1.807) is 18.2 Å². The summed E-state index contributed by atoms with van der Waals surface area (Å²) in [7, 11) is 0. The van der Waals surface area contributed by atoms with E-state index in [-0.39, 0.29) is 32.2 Å². The van der Waals surface area contributed by atoms with Crippen molar-refractivity contribution < 1.29 is 11.6 Å². The molecule has 3 aromatic rings. The van der Waals surface area contributed by atoms with E-state index in [4.69, 9.17) is 0 Å². The van der Waals surface area contributed by atoms with E-state index in [0.717, 1.165) is 6.20 Å². The molecule has 0 aliphatic rings. The van der Waals surface area contributed by atoms with Crippen LogP contribution in [0.1, 0.15) is 16.7 Å². The molecule has 8 heteroatoms. The third-order valence-corrected chi connectivity index (χ3v) is 3.13. The number of anilines is 3. The standard InChI is InChI=1S/C17H16F2N6.2H2/c1-10(2)21-16-23-15(13-5-3-4-6-14(13)19)24-17(25-16)22-12-7-11(18)8-20-9-12;;/h3-10H,1-2H3,(H2,21,22,23,24,25);2*1H. The Kier molecular flexibility index (Phi) is 4.78. The average molecular weight is 346 g/mol. The molecule has 2 N–H and O–H groups in total. The minimum absolute atomic E-state index is 0. The van der Waals surface area contributed by atoms with Gasteiger partial charge in [0, 0.05) is 15.0 Å². The summed E-state index contributed by atoms with van der Waals surface area (Å²) in [5, 5.41) is 5.92. The van der Waals surface area contributed by atoms with Crippen LogP contribution in [0.4, 0.5) is 26.4 Å². The fourth-order valence-electron chi connectivity index (χ4n) is 2.13. The highest BCUT2D eigenvalue weighted by Gasteiger charge is 2.13. The van der Waals surface area contributed by atoms with E-state index in [1.165, 1.54) is 18.3 Å². The number of halogens is 2. The number of benzene rings is 1. The monoisotopic (exact) mass is 346 g/mol. The third-order valence-electron chi connectivity index (χ3n) is 3.13. The predicted molar refractivity (Wildman–Crippen MR) is 95.7 cm³/mol. The molecule has 0 saturated carbocycles. The maximum Gasteiger partial charge on any atom is 0.232 e. The first kappa shape index (κ1) is 16.7. The van der Waals surface area contributed by atoms with Gasteiger partial charge in [-0.1, -0.05) is 12.1 Å². The number of pyridine rings is 1. The summed E-state index contributed by atoms with van der Waals surface area (Å²) in [5.74, 6) is -0.321. The molecular formula is C17H20F2N6. The minimum atomic E-state index is -0.492. The van der Waals surface area contributed by atoms with Crippen LogP contribution in [0.15, 0.2) is 42.7 Å². The third kappa shape index (κ3) is 4.23. The Morgan fingerprint density at radius 3 is 2.48 bits per heavy atom. The molecule has 0 radical (unpaired) electrons. The second-order valence-electron chi connectivity index (χ2n) is 5.60. The smallest absolute Gasteiger partial charge is 0.232 e. The van der Waals surface area contributed by atoms with Gasteiger partial charge in [-0.3, -0.25) is 4.98 Å². The van der Waals surface area contributed by atoms with Gasteiger partial charge in [-0.15, -0.1) is 0 Å². The SMILES string of the molecule is CC(C)Nc1nc(Nc2cncc(F)c2)nc(-c2ccccc2F)n1.[HH].[HH]. The first-order valence-electron chi connectivity index (χ1n) is 7.66. The topological polar surface area (TPSA) is 75.6 Å². The van der Waals surface area contributed by atoms with E-state index in [1.807, 2.05) is 13.8 Å². The Labute approximate surface area is 146 Å². The van der Waals surface area contributed by atoms with Crippen molar-refractivity contribution in [2.45, 2.75) is 19.9 Å². The summed E-state index contributed by atoms with van der Waals surface area (Å²) < 4.78 is 27.4. The van der Waals surface area contributed by atoms with Crippen molar-refractivity contribution in [3.63, 3.8) is 0 Å². The van der Waals surface area contributed by atoms with Crippen LogP contribution in [0.5, 0.6) is 0 Å². The zero-order valence-corrected chi connectivity index (χ0v) is 13.7. The summed E-state index contributed by atoms with van der Waals surface area (Å²) in [5.41, 5.74) is 0.623. The number of nitrogens with one attached hydrogen (secondary N) is 2. The van der Waals surface area contributed by atoms with Crippen molar-refractivity contribution in [2.24, 2.45) is 0 Å². The van der Waals surface area contributed by atoms with Gasteiger partial charge in [0.05, 0.1) is 23.6 Å². The molecule has 0 bridgehead atoms. The highest BCUT2D eigenvalue weighted by atomic mass is 19.1. The van der Waals surface area contributed by atoms with Gasteiger partial charge in [-0.2, -0.15) is 15.0 Å². The molecular weight excluding hydrogens is 326 g/mol. The second-order valence-corrected chi connectivity index (χ2v) is 5.60. The van der Waals surface area contributed by atoms with Crippen molar-refractivity contribution in [3.05, 3.63) is 54.4 Å². The first-order chi connectivity index (χ1) is 12.0. The average Bonchev–Trinajstić information content (AvgIpc) is 2.54. The molecule has 132 valence electrons. The van der Waals surface area contributed by atoms with Crippen molar-refractivity contribution >= 4 is 17.6 Å². The maximum absolute atomic E-state index is 14.1. The maximum atomic E-state index is 14.1. The van der Waals surface area contributed by atoms with Gasteiger partial charge >= 0.3 is 0 Å². The molecule has 6 nitrogen and oxygen atoms in total. The molecule has 0 amide bonds. The van der Waals surface area contributed by atoms with Crippen LogP contribution in [0.25, 0.3) is 11.4 Å². The summed E-state index contributed by atoms with van der Waals surface area (Å²) >= 11 is 0.